The van der Waals surface area contributed by atoms with Gasteiger partial charge in [-0.05, 0) is 43.3 Å². The number of carbonyl (C=O) groups is 2. The minimum Gasteiger partial charge on any atom is -0.455 e. The van der Waals surface area contributed by atoms with Crippen LogP contribution in [0.5, 0.6) is 11.5 Å². The quantitative estimate of drug-likeness (QED) is 0.442. The molecule has 0 spiro atoms. The van der Waals surface area contributed by atoms with Crippen molar-refractivity contribution in [1.29, 1.82) is 0 Å². The van der Waals surface area contributed by atoms with Gasteiger partial charge in [-0.3, -0.25) is 4.79 Å². The summed E-state index contributed by atoms with van der Waals surface area (Å²) < 4.78 is 16.4. The first-order chi connectivity index (χ1) is 14.6. The summed E-state index contributed by atoms with van der Waals surface area (Å²) in [5.74, 6) is -0.00557. The third-order valence-corrected chi connectivity index (χ3v) is 4.37. The molecule has 4 aromatic rings. The monoisotopic (exact) mass is 401 g/mol. The lowest BCUT2D eigenvalue weighted by Crippen LogP contribution is -2.21. The van der Waals surface area contributed by atoms with E-state index in [2.05, 4.69) is 5.32 Å². The lowest BCUT2D eigenvalue weighted by Gasteiger charge is -2.12. The fraction of sp³-hybridized carbons (Fsp3) is 0.0833. The molecule has 1 heterocycles. The maximum atomic E-state index is 12.3. The number of anilines is 1. The van der Waals surface area contributed by atoms with Crippen molar-refractivity contribution >= 4 is 28.5 Å². The van der Waals surface area contributed by atoms with Gasteiger partial charge in [-0.1, -0.05) is 48.0 Å². The molecule has 0 aliphatic rings. The molecule has 1 N–H and O–H groups in total. The predicted octanol–water partition coefficient (Wildman–Crippen LogP) is 5.33. The van der Waals surface area contributed by atoms with Crippen molar-refractivity contribution in [2.24, 2.45) is 0 Å². The van der Waals surface area contributed by atoms with Crippen LogP contribution in [0.3, 0.4) is 0 Å². The lowest BCUT2D eigenvalue weighted by molar-refractivity contribution is -0.119. The number of hydrogen-bond acceptors (Lipinski definition) is 5. The molecular formula is C24H19NO5. The van der Waals surface area contributed by atoms with Gasteiger partial charge in [0, 0.05) is 5.39 Å². The molecule has 1 aromatic heterocycles. The number of benzene rings is 3. The smallest absolute Gasteiger partial charge is 0.374 e. The molecule has 6 heteroatoms. The molecule has 0 atom stereocenters. The van der Waals surface area contributed by atoms with E-state index in [1.54, 1.807) is 36.4 Å². The van der Waals surface area contributed by atoms with Crippen molar-refractivity contribution in [1.82, 2.24) is 0 Å². The highest BCUT2D eigenvalue weighted by Crippen LogP contribution is 2.29. The molecule has 0 fully saturated rings. The molecule has 3 aromatic carbocycles. The molecule has 6 nitrogen and oxygen atoms in total. The van der Waals surface area contributed by atoms with E-state index >= 15 is 0 Å². The van der Waals surface area contributed by atoms with Crippen molar-refractivity contribution in [2.75, 3.05) is 11.9 Å². The molecule has 4 rings (SSSR count). The number of esters is 1. The second kappa shape index (κ2) is 8.53. The Bertz CT molecular complexity index is 1160. The number of nitrogens with one attached hydrogen (secondary N) is 1. The van der Waals surface area contributed by atoms with Crippen molar-refractivity contribution < 1.29 is 23.5 Å². The maximum Gasteiger partial charge on any atom is 0.374 e. The molecule has 0 unspecified atom stereocenters. The Morgan fingerprint density at radius 1 is 0.933 bits per heavy atom. The molecule has 0 saturated carbocycles. The van der Waals surface area contributed by atoms with E-state index in [0.717, 1.165) is 10.9 Å². The first kappa shape index (κ1) is 19.3. The van der Waals surface area contributed by atoms with Gasteiger partial charge in [-0.25, -0.2) is 4.79 Å². The van der Waals surface area contributed by atoms with Crippen molar-refractivity contribution in [3.05, 3.63) is 90.2 Å². The Morgan fingerprint density at radius 2 is 1.67 bits per heavy atom. The van der Waals surface area contributed by atoms with Crippen LogP contribution in [0.2, 0.25) is 0 Å². The summed E-state index contributed by atoms with van der Waals surface area (Å²) in [7, 11) is 0. The Hall–Kier alpha value is -4.06. The number of carbonyl (C=O) groups excluding carboxylic acids is 2. The summed E-state index contributed by atoms with van der Waals surface area (Å²) in [5, 5.41) is 3.49. The fourth-order valence-corrected chi connectivity index (χ4v) is 2.86. The molecular weight excluding hydrogens is 382 g/mol. The van der Waals surface area contributed by atoms with Crippen molar-refractivity contribution in [2.45, 2.75) is 6.92 Å². The van der Waals surface area contributed by atoms with E-state index in [9.17, 15) is 9.59 Å². The van der Waals surface area contributed by atoms with Crippen LogP contribution in [-0.4, -0.2) is 18.5 Å². The molecule has 0 aliphatic heterocycles. The Balaban J connectivity index is 1.38. The van der Waals surface area contributed by atoms with Gasteiger partial charge in [-0.2, -0.15) is 0 Å². The summed E-state index contributed by atoms with van der Waals surface area (Å²) >= 11 is 0. The first-order valence-corrected chi connectivity index (χ1v) is 9.37. The van der Waals surface area contributed by atoms with Crippen molar-refractivity contribution in [3.8, 4) is 11.5 Å². The topological polar surface area (TPSA) is 77.8 Å². The molecule has 1 amide bonds. The number of ether oxygens (including phenoxy) is 2. The summed E-state index contributed by atoms with van der Waals surface area (Å²) in [6.45, 7) is 1.54. The second-order valence-electron chi connectivity index (χ2n) is 6.68. The highest BCUT2D eigenvalue weighted by atomic mass is 16.5. The summed E-state index contributed by atoms with van der Waals surface area (Å²) in [5.41, 5.74) is 2.18. The van der Waals surface area contributed by atoms with Crippen LogP contribution >= 0.6 is 0 Å². The molecule has 0 bridgehead atoms. The van der Waals surface area contributed by atoms with E-state index in [0.29, 0.717) is 22.8 Å². The number of fused-ring (bicyclic) bond motifs is 1. The van der Waals surface area contributed by atoms with Crippen LogP contribution in [0, 0.1) is 6.92 Å². The zero-order valence-electron chi connectivity index (χ0n) is 16.3. The largest absolute Gasteiger partial charge is 0.455 e. The molecule has 0 saturated heterocycles. The van der Waals surface area contributed by atoms with E-state index < -0.39 is 18.5 Å². The first-order valence-electron chi connectivity index (χ1n) is 9.37. The normalized spacial score (nSPS) is 10.6. The van der Waals surface area contributed by atoms with Gasteiger partial charge in [0.15, 0.2) is 12.4 Å². The van der Waals surface area contributed by atoms with Gasteiger partial charge in [0.1, 0.15) is 11.3 Å². The zero-order valence-corrected chi connectivity index (χ0v) is 16.3. The lowest BCUT2D eigenvalue weighted by atomic mass is 10.2. The van der Waals surface area contributed by atoms with Gasteiger partial charge in [-0.15, -0.1) is 0 Å². The summed E-state index contributed by atoms with van der Waals surface area (Å²) in [6, 6.07) is 23.4. The van der Waals surface area contributed by atoms with Crippen molar-refractivity contribution in [3.63, 3.8) is 0 Å². The SMILES string of the molecule is Cc1ccc(Oc2ccccc2NC(=O)COC(=O)c2cc3ccccc3o2)cc1. The minimum absolute atomic E-state index is 0.0482. The average molecular weight is 401 g/mol. The number of aryl methyl sites for hydroxylation is 1. The van der Waals surface area contributed by atoms with E-state index in [1.165, 1.54) is 0 Å². The highest BCUT2D eigenvalue weighted by Gasteiger charge is 2.16. The third-order valence-electron chi connectivity index (χ3n) is 4.37. The van der Waals surface area contributed by atoms with Crippen LogP contribution in [-0.2, 0) is 9.53 Å². The maximum absolute atomic E-state index is 12.3. The summed E-state index contributed by atoms with van der Waals surface area (Å²) in [4.78, 5) is 24.5. The van der Waals surface area contributed by atoms with Gasteiger partial charge >= 0.3 is 5.97 Å². The van der Waals surface area contributed by atoms with Gasteiger partial charge < -0.3 is 19.2 Å². The van der Waals surface area contributed by atoms with Gasteiger partial charge in [0.05, 0.1) is 5.69 Å². The Morgan fingerprint density at radius 3 is 2.47 bits per heavy atom. The fourth-order valence-electron chi connectivity index (χ4n) is 2.86. The molecule has 150 valence electrons. The molecule has 30 heavy (non-hydrogen) atoms. The van der Waals surface area contributed by atoms with E-state index in [1.807, 2.05) is 49.4 Å². The van der Waals surface area contributed by atoms with Gasteiger partial charge in [0.25, 0.3) is 5.91 Å². The second-order valence-corrected chi connectivity index (χ2v) is 6.68. The Labute approximate surface area is 173 Å². The number of rotatable bonds is 6. The van der Waals surface area contributed by atoms with Crippen LogP contribution in [0.4, 0.5) is 5.69 Å². The Kier molecular flexibility index (Phi) is 5.48. The van der Waals surface area contributed by atoms with Crippen LogP contribution < -0.4 is 10.1 Å². The minimum atomic E-state index is -0.703. The highest BCUT2D eigenvalue weighted by molar-refractivity contribution is 5.97. The number of furan rings is 1. The van der Waals surface area contributed by atoms with E-state index in [-0.39, 0.29) is 5.76 Å². The average Bonchev–Trinajstić information content (AvgIpc) is 3.19. The standard InChI is InChI=1S/C24H19NO5/c1-16-10-12-18(13-11-16)29-21-9-5-3-7-19(21)25-23(26)15-28-24(27)22-14-17-6-2-4-8-20(17)30-22/h2-14H,15H2,1H3,(H,25,26). The third kappa shape index (κ3) is 4.50. The molecule has 0 aliphatic carbocycles. The summed E-state index contributed by atoms with van der Waals surface area (Å²) in [6.07, 6.45) is 0. The van der Waals surface area contributed by atoms with Gasteiger partial charge in [0.2, 0.25) is 5.76 Å². The number of amides is 1. The van der Waals surface area contributed by atoms with Crippen LogP contribution in [0.1, 0.15) is 16.1 Å². The molecule has 0 radical (unpaired) electrons. The van der Waals surface area contributed by atoms with Crippen LogP contribution in [0.25, 0.3) is 11.0 Å². The number of para-hydroxylation sites is 3. The predicted molar refractivity (Wildman–Crippen MR) is 113 cm³/mol. The number of hydrogen-bond donors (Lipinski definition) is 1. The van der Waals surface area contributed by atoms with Crippen LogP contribution in [0.15, 0.2) is 83.3 Å². The zero-order chi connectivity index (χ0) is 20.9. The van der Waals surface area contributed by atoms with E-state index in [4.69, 9.17) is 13.9 Å².